The van der Waals surface area contributed by atoms with Gasteiger partial charge in [0.2, 0.25) is 0 Å². The summed E-state index contributed by atoms with van der Waals surface area (Å²) in [6.07, 6.45) is 0. The van der Waals surface area contributed by atoms with Gasteiger partial charge in [-0.25, -0.2) is 0 Å². The monoisotopic (exact) mass is 146 g/mol. The van der Waals surface area contributed by atoms with Gasteiger partial charge in [-0.2, -0.15) is 0 Å². The van der Waals surface area contributed by atoms with Crippen molar-refractivity contribution in [1.82, 2.24) is 0 Å². The van der Waals surface area contributed by atoms with Gasteiger partial charge in [-0.3, -0.25) is 0 Å². The van der Waals surface area contributed by atoms with E-state index in [1.165, 1.54) is 11.3 Å². The van der Waals surface area contributed by atoms with E-state index in [0.29, 0.717) is 10.6 Å². The number of rotatable bonds is 0. The minimum Gasteiger partial charge on any atom is -0.506 e. The third-order valence-corrected chi connectivity index (χ3v) is 2.34. The van der Waals surface area contributed by atoms with Crippen LogP contribution >= 0.6 is 24.0 Å². The maximum atomic E-state index is 8.98. The Hall–Kier alpha value is -0.150. The van der Waals surface area contributed by atoms with E-state index in [2.05, 4.69) is 12.6 Å². The van der Waals surface area contributed by atoms with Crippen LogP contribution in [-0.2, 0) is 0 Å². The lowest BCUT2D eigenvalue weighted by molar-refractivity contribution is 0.462. The zero-order valence-electron chi connectivity index (χ0n) is 4.38. The zero-order valence-corrected chi connectivity index (χ0v) is 6.09. The molecule has 1 nitrogen and oxygen atoms in total. The first-order valence-electron chi connectivity index (χ1n) is 2.18. The fourth-order valence-corrected chi connectivity index (χ4v) is 1.46. The molecule has 1 aromatic rings. The molecule has 44 valence electrons. The summed E-state index contributed by atoms with van der Waals surface area (Å²) in [5.41, 5.74) is 0. The van der Waals surface area contributed by atoms with Gasteiger partial charge in [0.05, 0.1) is 4.90 Å². The van der Waals surface area contributed by atoms with Crippen molar-refractivity contribution in [2.75, 3.05) is 0 Å². The van der Waals surface area contributed by atoms with Crippen molar-refractivity contribution in [1.29, 1.82) is 0 Å². The van der Waals surface area contributed by atoms with Gasteiger partial charge >= 0.3 is 0 Å². The second kappa shape index (κ2) is 1.99. The highest BCUT2D eigenvalue weighted by atomic mass is 32.1. The molecule has 8 heavy (non-hydrogen) atoms. The van der Waals surface area contributed by atoms with E-state index < -0.39 is 0 Å². The van der Waals surface area contributed by atoms with Crippen molar-refractivity contribution < 1.29 is 5.11 Å². The average Bonchev–Trinajstić information content (AvgIpc) is 1.98. The Bertz CT molecular complexity index is 173. The Morgan fingerprint density at radius 3 is 2.50 bits per heavy atom. The fourth-order valence-electron chi connectivity index (χ4n) is 0.436. The van der Waals surface area contributed by atoms with Gasteiger partial charge in [-0.1, -0.05) is 0 Å². The fraction of sp³-hybridized carbons (Fsp3) is 0.200. The van der Waals surface area contributed by atoms with Crippen LogP contribution in [-0.4, -0.2) is 5.11 Å². The maximum Gasteiger partial charge on any atom is 0.142 e. The molecule has 0 spiro atoms. The third kappa shape index (κ3) is 0.833. The Balaban J connectivity index is 3.19. The largest absolute Gasteiger partial charge is 0.506 e. The summed E-state index contributed by atoms with van der Waals surface area (Å²) in [5, 5.41) is 10.8. The van der Waals surface area contributed by atoms with Gasteiger partial charge in [0.15, 0.2) is 0 Å². The lowest BCUT2D eigenvalue weighted by atomic mass is 10.5. The molecule has 0 amide bonds. The number of thiophene rings is 1. The molecule has 0 aromatic carbocycles. The Morgan fingerprint density at radius 2 is 2.38 bits per heavy atom. The van der Waals surface area contributed by atoms with Crippen LogP contribution in [0.5, 0.6) is 5.75 Å². The molecular weight excluding hydrogens is 140 g/mol. The predicted octanol–water partition coefficient (Wildman–Crippen LogP) is 2.05. The van der Waals surface area contributed by atoms with Crippen LogP contribution in [0, 0.1) is 6.92 Å². The second-order valence-electron chi connectivity index (χ2n) is 1.53. The van der Waals surface area contributed by atoms with Crippen molar-refractivity contribution in [3.05, 3.63) is 10.3 Å². The van der Waals surface area contributed by atoms with E-state index in [0.717, 1.165) is 4.88 Å². The summed E-state index contributed by atoms with van der Waals surface area (Å²) in [5.74, 6) is 0.318. The molecule has 0 saturated heterocycles. The van der Waals surface area contributed by atoms with E-state index in [4.69, 9.17) is 5.11 Å². The number of aryl methyl sites for hydroxylation is 1. The van der Waals surface area contributed by atoms with E-state index in [9.17, 15) is 0 Å². The number of aromatic hydroxyl groups is 1. The molecule has 0 aliphatic heterocycles. The van der Waals surface area contributed by atoms with Crippen LogP contribution < -0.4 is 0 Å². The van der Waals surface area contributed by atoms with Gasteiger partial charge < -0.3 is 5.11 Å². The van der Waals surface area contributed by atoms with Crippen LogP contribution in [0.1, 0.15) is 4.88 Å². The summed E-state index contributed by atoms with van der Waals surface area (Å²) in [6.45, 7) is 1.86. The van der Waals surface area contributed by atoms with Crippen LogP contribution in [0.4, 0.5) is 0 Å². The van der Waals surface area contributed by atoms with E-state index in [-0.39, 0.29) is 0 Å². The summed E-state index contributed by atoms with van der Waals surface area (Å²) in [4.78, 5) is 1.60. The predicted molar refractivity (Wildman–Crippen MR) is 38.0 cm³/mol. The summed E-state index contributed by atoms with van der Waals surface area (Å²) < 4.78 is 0. The Labute approximate surface area is 57.4 Å². The molecule has 0 radical (unpaired) electrons. The van der Waals surface area contributed by atoms with Crippen LogP contribution in [0.3, 0.4) is 0 Å². The van der Waals surface area contributed by atoms with Crippen molar-refractivity contribution in [2.24, 2.45) is 0 Å². The highest BCUT2D eigenvalue weighted by Crippen LogP contribution is 2.30. The van der Waals surface area contributed by atoms with Gasteiger partial charge in [0.25, 0.3) is 0 Å². The SMILES string of the molecule is Cc1scc(S)c1O. The van der Waals surface area contributed by atoms with E-state index in [1.54, 1.807) is 0 Å². The first kappa shape index (κ1) is 5.98. The van der Waals surface area contributed by atoms with Crippen molar-refractivity contribution in [3.63, 3.8) is 0 Å². The minimum atomic E-state index is 0.318. The second-order valence-corrected chi connectivity index (χ2v) is 3.09. The molecule has 3 heteroatoms. The normalized spacial score (nSPS) is 9.75. The zero-order chi connectivity index (χ0) is 6.15. The van der Waals surface area contributed by atoms with Crippen LogP contribution in [0.15, 0.2) is 10.3 Å². The van der Waals surface area contributed by atoms with Crippen LogP contribution in [0.25, 0.3) is 0 Å². The molecule has 0 unspecified atom stereocenters. The molecule has 0 saturated carbocycles. The number of hydrogen-bond acceptors (Lipinski definition) is 3. The highest BCUT2D eigenvalue weighted by Gasteiger charge is 1.99. The Morgan fingerprint density at radius 1 is 1.75 bits per heavy atom. The lowest BCUT2D eigenvalue weighted by Gasteiger charge is -1.85. The molecule has 0 bridgehead atoms. The van der Waals surface area contributed by atoms with Gasteiger partial charge in [0, 0.05) is 10.3 Å². The van der Waals surface area contributed by atoms with Crippen molar-refractivity contribution in [3.8, 4) is 5.75 Å². The molecule has 0 fully saturated rings. The first-order valence-corrected chi connectivity index (χ1v) is 3.50. The molecule has 0 aliphatic carbocycles. The van der Waals surface area contributed by atoms with Crippen molar-refractivity contribution >= 4 is 24.0 Å². The molecular formula is C5H6OS2. The lowest BCUT2D eigenvalue weighted by Crippen LogP contribution is -1.59. The molecule has 0 atom stereocenters. The highest BCUT2D eigenvalue weighted by molar-refractivity contribution is 7.80. The standard InChI is InChI=1S/C5H6OS2/c1-3-5(6)4(7)2-8-3/h2,6-7H,1H3. The summed E-state index contributed by atoms with van der Waals surface area (Å²) >= 11 is 5.48. The molecule has 1 aromatic heterocycles. The quantitative estimate of drug-likeness (QED) is 0.537. The van der Waals surface area contributed by atoms with E-state index in [1.807, 2.05) is 12.3 Å². The van der Waals surface area contributed by atoms with Crippen LogP contribution in [0.2, 0.25) is 0 Å². The van der Waals surface area contributed by atoms with Crippen molar-refractivity contribution in [2.45, 2.75) is 11.8 Å². The minimum absolute atomic E-state index is 0.318. The van der Waals surface area contributed by atoms with E-state index >= 15 is 0 Å². The molecule has 0 aliphatic rings. The summed E-state index contributed by atoms with van der Waals surface area (Å²) in [7, 11) is 0. The number of hydrogen-bond donors (Lipinski definition) is 2. The number of thiol groups is 1. The Kier molecular flexibility index (Phi) is 1.49. The molecule has 1 N–H and O–H groups in total. The summed E-state index contributed by atoms with van der Waals surface area (Å²) in [6, 6.07) is 0. The third-order valence-electron chi connectivity index (χ3n) is 0.923. The van der Waals surface area contributed by atoms with Gasteiger partial charge in [-0.15, -0.1) is 24.0 Å². The maximum absolute atomic E-state index is 8.98. The smallest absolute Gasteiger partial charge is 0.142 e. The topological polar surface area (TPSA) is 20.2 Å². The van der Waals surface area contributed by atoms with Gasteiger partial charge in [0.1, 0.15) is 5.75 Å². The van der Waals surface area contributed by atoms with Gasteiger partial charge in [-0.05, 0) is 6.92 Å². The average molecular weight is 146 g/mol. The molecule has 1 heterocycles. The molecule has 1 rings (SSSR count). The first-order chi connectivity index (χ1) is 3.72.